The number of nitrogens with one attached hydrogen (secondary N) is 2. The highest BCUT2D eigenvalue weighted by Gasteiger charge is 2.28. The Morgan fingerprint density at radius 2 is 1.75 bits per heavy atom. The number of hydrogen-bond acceptors (Lipinski definition) is 3. The Bertz CT molecular complexity index is 1020. The minimum Gasteiger partial charge on any atom is -0.480 e. The topological polar surface area (TPSA) is 99.3 Å². The van der Waals surface area contributed by atoms with E-state index >= 15 is 0 Å². The lowest BCUT2D eigenvalue weighted by molar-refractivity contribution is -0.140. The van der Waals surface area contributed by atoms with E-state index in [2.05, 4.69) is 9.71 Å². The van der Waals surface area contributed by atoms with Crippen molar-refractivity contribution in [3.63, 3.8) is 0 Å². The monoisotopic (exact) mass is 346 g/mol. The average Bonchev–Trinajstić information content (AvgIpc) is 2.90. The van der Waals surface area contributed by atoms with Gasteiger partial charge in [-0.15, -0.1) is 0 Å². The summed E-state index contributed by atoms with van der Waals surface area (Å²) < 4.78 is 27.4. The maximum Gasteiger partial charge on any atom is 0.322 e. The molecule has 0 spiro atoms. The lowest BCUT2D eigenvalue weighted by atomic mass is 10.1. The molecule has 1 aromatic heterocycles. The molecule has 7 heteroatoms. The molecule has 0 fully saturated rings. The molecule has 6 nitrogen and oxygen atoms in total. The summed E-state index contributed by atoms with van der Waals surface area (Å²) in [7, 11) is -3.93. The standard InChI is InChI=1S/C17H18N2O4S/c1-10(2)16(17(20)21)19-24(22,23)11-7-8-15-13(9-11)12-5-3-4-6-14(12)18-15/h3-10,16,18-19H,1-2H3,(H,20,21). The fraction of sp³-hybridized carbons (Fsp3) is 0.235. The lowest BCUT2D eigenvalue weighted by Crippen LogP contribution is -2.44. The molecule has 0 amide bonds. The first-order valence-corrected chi connectivity index (χ1v) is 9.03. The van der Waals surface area contributed by atoms with Crippen LogP contribution in [0.5, 0.6) is 0 Å². The number of sulfonamides is 1. The number of H-pyrrole nitrogens is 1. The van der Waals surface area contributed by atoms with E-state index in [-0.39, 0.29) is 10.8 Å². The summed E-state index contributed by atoms with van der Waals surface area (Å²) in [5.74, 6) is -1.56. The van der Waals surface area contributed by atoms with Gasteiger partial charge in [-0.25, -0.2) is 8.42 Å². The first kappa shape index (κ1) is 16.5. The van der Waals surface area contributed by atoms with Crippen molar-refractivity contribution >= 4 is 37.8 Å². The number of rotatable bonds is 5. The number of benzene rings is 2. The van der Waals surface area contributed by atoms with Crippen molar-refractivity contribution in [3.05, 3.63) is 42.5 Å². The molecule has 0 radical (unpaired) electrons. The number of para-hydroxylation sites is 1. The minimum absolute atomic E-state index is 0.0478. The van der Waals surface area contributed by atoms with Crippen molar-refractivity contribution in [2.24, 2.45) is 5.92 Å². The van der Waals surface area contributed by atoms with Crippen LogP contribution in [-0.4, -0.2) is 30.5 Å². The predicted molar refractivity (Wildman–Crippen MR) is 92.4 cm³/mol. The summed E-state index contributed by atoms with van der Waals surface area (Å²) in [4.78, 5) is 14.5. The number of carboxylic acids is 1. The van der Waals surface area contributed by atoms with Gasteiger partial charge in [0, 0.05) is 21.8 Å². The molecule has 1 heterocycles. The highest BCUT2D eigenvalue weighted by Crippen LogP contribution is 2.27. The molecule has 0 saturated heterocycles. The van der Waals surface area contributed by atoms with E-state index in [4.69, 9.17) is 0 Å². The summed E-state index contributed by atoms with van der Waals surface area (Å²) in [6.45, 7) is 3.31. The lowest BCUT2D eigenvalue weighted by Gasteiger charge is -2.18. The molecule has 0 aliphatic heterocycles. The van der Waals surface area contributed by atoms with Crippen LogP contribution in [0.3, 0.4) is 0 Å². The van der Waals surface area contributed by atoms with Gasteiger partial charge < -0.3 is 10.1 Å². The number of aliphatic carboxylic acids is 1. The Balaban J connectivity index is 2.07. The third kappa shape index (κ3) is 2.88. The molecule has 24 heavy (non-hydrogen) atoms. The first-order valence-electron chi connectivity index (χ1n) is 7.55. The van der Waals surface area contributed by atoms with Gasteiger partial charge in [-0.3, -0.25) is 4.79 Å². The van der Waals surface area contributed by atoms with E-state index in [0.29, 0.717) is 0 Å². The van der Waals surface area contributed by atoms with Crippen LogP contribution in [0.15, 0.2) is 47.4 Å². The molecule has 126 valence electrons. The van der Waals surface area contributed by atoms with Crippen LogP contribution in [0.4, 0.5) is 0 Å². The third-order valence-electron chi connectivity index (χ3n) is 4.00. The summed E-state index contributed by atoms with van der Waals surface area (Å²) >= 11 is 0. The Morgan fingerprint density at radius 1 is 1.08 bits per heavy atom. The molecule has 3 rings (SSSR count). The fourth-order valence-corrected chi connectivity index (χ4v) is 4.06. The molecule has 3 aromatic rings. The van der Waals surface area contributed by atoms with E-state index in [1.165, 1.54) is 6.07 Å². The van der Waals surface area contributed by atoms with Crippen molar-refractivity contribution < 1.29 is 18.3 Å². The normalized spacial score (nSPS) is 13.6. The number of aromatic amines is 1. The number of aromatic nitrogens is 1. The Labute approximate surface area is 139 Å². The van der Waals surface area contributed by atoms with Crippen LogP contribution in [0.2, 0.25) is 0 Å². The van der Waals surface area contributed by atoms with E-state index in [1.807, 2.05) is 24.3 Å². The Hall–Kier alpha value is -2.38. The van der Waals surface area contributed by atoms with Crippen LogP contribution >= 0.6 is 0 Å². The second-order valence-corrected chi connectivity index (χ2v) is 7.77. The molecule has 3 N–H and O–H groups in total. The third-order valence-corrected chi connectivity index (χ3v) is 5.44. The van der Waals surface area contributed by atoms with E-state index in [1.54, 1.807) is 26.0 Å². The number of carbonyl (C=O) groups is 1. The summed E-state index contributed by atoms with van der Waals surface area (Å²) in [5, 5.41) is 10.9. The van der Waals surface area contributed by atoms with Gasteiger partial charge in [0.2, 0.25) is 10.0 Å². The molecule has 0 aliphatic carbocycles. The zero-order valence-electron chi connectivity index (χ0n) is 13.3. The van der Waals surface area contributed by atoms with E-state index in [0.717, 1.165) is 21.8 Å². The average molecular weight is 346 g/mol. The Kier molecular flexibility index (Phi) is 4.06. The molecule has 0 bridgehead atoms. The van der Waals surface area contributed by atoms with Crippen molar-refractivity contribution in [1.29, 1.82) is 0 Å². The van der Waals surface area contributed by atoms with Gasteiger partial charge in [0.1, 0.15) is 6.04 Å². The van der Waals surface area contributed by atoms with Crippen molar-refractivity contribution in [2.75, 3.05) is 0 Å². The summed E-state index contributed by atoms with van der Waals surface area (Å²) in [6, 6.07) is 11.2. The second-order valence-electron chi connectivity index (χ2n) is 6.06. The van der Waals surface area contributed by atoms with E-state index < -0.39 is 22.0 Å². The van der Waals surface area contributed by atoms with Gasteiger partial charge in [0.15, 0.2) is 0 Å². The first-order chi connectivity index (χ1) is 11.3. The smallest absolute Gasteiger partial charge is 0.322 e. The molecule has 0 aliphatic rings. The molecular formula is C17H18N2O4S. The highest BCUT2D eigenvalue weighted by molar-refractivity contribution is 7.89. The quantitative estimate of drug-likeness (QED) is 0.661. The Morgan fingerprint density at radius 3 is 2.42 bits per heavy atom. The fourth-order valence-electron chi connectivity index (χ4n) is 2.70. The zero-order valence-corrected chi connectivity index (χ0v) is 14.1. The molecule has 1 atom stereocenters. The van der Waals surface area contributed by atoms with Gasteiger partial charge in [0.25, 0.3) is 0 Å². The zero-order chi connectivity index (χ0) is 17.5. The van der Waals surface area contributed by atoms with Gasteiger partial charge in [-0.1, -0.05) is 32.0 Å². The largest absolute Gasteiger partial charge is 0.480 e. The van der Waals surface area contributed by atoms with Crippen LogP contribution in [0.25, 0.3) is 21.8 Å². The van der Waals surface area contributed by atoms with Crippen molar-refractivity contribution in [2.45, 2.75) is 24.8 Å². The van der Waals surface area contributed by atoms with Crippen molar-refractivity contribution in [3.8, 4) is 0 Å². The molecular weight excluding hydrogens is 328 g/mol. The SMILES string of the molecule is CC(C)C(NS(=O)(=O)c1ccc2[nH]c3ccccc3c2c1)C(=O)O. The van der Waals surface area contributed by atoms with E-state index in [9.17, 15) is 18.3 Å². The number of fused-ring (bicyclic) bond motifs is 3. The van der Waals surface area contributed by atoms with Crippen molar-refractivity contribution in [1.82, 2.24) is 9.71 Å². The van der Waals surface area contributed by atoms with Crippen LogP contribution in [0.1, 0.15) is 13.8 Å². The molecule has 1 unspecified atom stereocenters. The summed E-state index contributed by atoms with van der Waals surface area (Å²) in [5.41, 5.74) is 1.74. The second kappa shape index (κ2) is 5.92. The maximum absolute atomic E-state index is 12.6. The van der Waals surface area contributed by atoms with Crippen LogP contribution in [-0.2, 0) is 14.8 Å². The highest BCUT2D eigenvalue weighted by atomic mass is 32.2. The van der Waals surface area contributed by atoms with Crippen LogP contribution in [0, 0.1) is 5.92 Å². The van der Waals surface area contributed by atoms with Crippen LogP contribution < -0.4 is 4.72 Å². The number of carboxylic acid groups (broad SMARTS) is 1. The van der Waals surface area contributed by atoms with Gasteiger partial charge in [-0.2, -0.15) is 4.72 Å². The maximum atomic E-state index is 12.6. The van der Waals surface area contributed by atoms with Gasteiger partial charge >= 0.3 is 5.97 Å². The van der Waals surface area contributed by atoms with Gasteiger partial charge in [-0.05, 0) is 30.2 Å². The summed E-state index contributed by atoms with van der Waals surface area (Å²) in [6.07, 6.45) is 0. The molecule has 2 aromatic carbocycles. The predicted octanol–water partition coefficient (Wildman–Crippen LogP) is 2.71. The number of hydrogen-bond donors (Lipinski definition) is 3. The minimum atomic E-state index is -3.93. The molecule has 0 saturated carbocycles. The van der Waals surface area contributed by atoms with Gasteiger partial charge in [0.05, 0.1) is 4.90 Å².